The van der Waals surface area contributed by atoms with Crippen LogP contribution >= 0.6 is 7.26 Å². The fourth-order valence-electron chi connectivity index (χ4n) is 8.31. The van der Waals surface area contributed by atoms with E-state index in [1.807, 2.05) is 5.57 Å². The third-order valence-corrected chi connectivity index (χ3v) is 16.7. The van der Waals surface area contributed by atoms with Crippen molar-refractivity contribution in [3.8, 4) is 0 Å². The Kier molecular flexibility index (Phi) is 4.98. The van der Waals surface area contributed by atoms with Gasteiger partial charge in [-0.15, -0.1) is 0 Å². The second-order valence-corrected chi connectivity index (χ2v) is 15.8. The number of fused-ring (bicyclic) bond motifs is 5. The molecule has 0 spiro atoms. The van der Waals surface area contributed by atoms with E-state index in [1.54, 1.807) is 0 Å². The van der Waals surface area contributed by atoms with Crippen LogP contribution in [0, 0.1) is 16.7 Å². The Morgan fingerprint density at radius 2 is 1.96 bits per heavy atom. The normalized spacial score (nSPS) is 49.9. The summed E-state index contributed by atoms with van der Waals surface area (Å²) < 4.78 is 0. The van der Waals surface area contributed by atoms with E-state index in [0.717, 1.165) is 18.1 Å². The summed E-state index contributed by atoms with van der Waals surface area (Å²) in [5.74, 6) is 0.767. The van der Waals surface area contributed by atoms with Crippen molar-refractivity contribution in [2.45, 2.75) is 103 Å². The quantitative estimate of drug-likeness (QED) is 0.272. The minimum atomic E-state index is -0.989. The Labute approximate surface area is 169 Å². The Bertz CT molecular complexity index is 665. The third-order valence-electron chi connectivity index (χ3n) is 10.4. The molecule has 1 nitrogen and oxygen atoms in total. The number of allylic oxidation sites excluding steroid dienone is 2. The molecular weight excluding hydrogens is 345 g/mol. The maximum Gasteiger partial charge on any atom is 0.0853 e. The van der Waals surface area contributed by atoms with Gasteiger partial charge in [0.1, 0.15) is 0 Å². The Hall–Kier alpha value is -0.160. The van der Waals surface area contributed by atoms with Gasteiger partial charge in [0.25, 0.3) is 0 Å². The molecule has 2 saturated heterocycles. The molecule has 6 atom stereocenters. The maximum absolute atomic E-state index is 5.02. The number of aliphatic imine (C=N–C) groups is 1. The molecule has 0 radical (unpaired) electrons. The molecular formula is C25H43NP+. The first kappa shape index (κ1) is 20.1. The van der Waals surface area contributed by atoms with Crippen molar-refractivity contribution in [3.05, 3.63) is 11.6 Å². The first-order valence-electron chi connectivity index (χ1n) is 11.8. The number of hydrogen-bond donors (Lipinski definition) is 0. The Morgan fingerprint density at radius 1 is 1.19 bits per heavy atom. The SMILES string of the molecule is CCCN=C(C)C1CC[P+]2(C)C3CCC4=CCCCC4(C)C3(C)CCC12C. The van der Waals surface area contributed by atoms with Crippen LogP contribution in [0.5, 0.6) is 0 Å². The average molecular weight is 389 g/mol. The van der Waals surface area contributed by atoms with Crippen LogP contribution in [-0.4, -0.2) is 35.9 Å². The lowest BCUT2D eigenvalue weighted by molar-refractivity contribution is 0.0317. The van der Waals surface area contributed by atoms with Gasteiger partial charge in [0.2, 0.25) is 0 Å². The van der Waals surface area contributed by atoms with Crippen LogP contribution in [0.4, 0.5) is 0 Å². The van der Waals surface area contributed by atoms with Crippen LogP contribution in [-0.2, 0) is 0 Å². The van der Waals surface area contributed by atoms with E-state index in [9.17, 15) is 0 Å². The maximum atomic E-state index is 5.02. The topological polar surface area (TPSA) is 12.4 Å². The molecule has 0 aromatic rings. The van der Waals surface area contributed by atoms with Crippen molar-refractivity contribution >= 4 is 13.0 Å². The summed E-state index contributed by atoms with van der Waals surface area (Å²) in [5.41, 5.74) is 5.37. The highest BCUT2D eigenvalue weighted by Gasteiger charge is 2.73. The van der Waals surface area contributed by atoms with Crippen molar-refractivity contribution in [2.24, 2.45) is 21.7 Å². The van der Waals surface area contributed by atoms with Crippen LogP contribution in [0.2, 0.25) is 0 Å². The molecule has 2 aliphatic carbocycles. The summed E-state index contributed by atoms with van der Waals surface area (Å²) in [5, 5.41) is 0.560. The largest absolute Gasteiger partial charge is 0.294 e. The third kappa shape index (κ3) is 2.55. The Balaban J connectivity index is 1.72. The Morgan fingerprint density at radius 3 is 2.70 bits per heavy atom. The van der Waals surface area contributed by atoms with Crippen molar-refractivity contribution in [2.75, 3.05) is 19.4 Å². The van der Waals surface area contributed by atoms with Gasteiger partial charge < -0.3 is 0 Å². The molecule has 0 aromatic carbocycles. The molecule has 4 aliphatic rings. The van der Waals surface area contributed by atoms with Crippen LogP contribution in [0.25, 0.3) is 0 Å². The van der Waals surface area contributed by atoms with Gasteiger partial charge in [0.05, 0.1) is 17.0 Å². The highest BCUT2D eigenvalue weighted by atomic mass is 31.2. The van der Waals surface area contributed by atoms with Crippen molar-refractivity contribution in [1.82, 2.24) is 0 Å². The minimum Gasteiger partial charge on any atom is -0.294 e. The van der Waals surface area contributed by atoms with Gasteiger partial charge in [-0.3, -0.25) is 4.99 Å². The molecule has 0 amide bonds. The molecule has 152 valence electrons. The number of nitrogens with zero attached hydrogens (tertiary/aromatic N) is 1. The predicted octanol–water partition coefficient (Wildman–Crippen LogP) is 7.36. The second kappa shape index (κ2) is 6.68. The molecule has 0 N–H and O–H groups in total. The van der Waals surface area contributed by atoms with Crippen LogP contribution in [0.15, 0.2) is 16.6 Å². The minimum absolute atomic E-state index is 0.488. The van der Waals surface area contributed by atoms with Crippen molar-refractivity contribution in [3.63, 3.8) is 0 Å². The summed E-state index contributed by atoms with van der Waals surface area (Å²) in [4.78, 5) is 5.02. The van der Waals surface area contributed by atoms with Crippen LogP contribution in [0.1, 0.15) is 92.4 Å². The molecule has 2 heteroatoms. The zero-order valence-electron chi connectivity index (χ0n) is 18.9. The highest BCUT2D eigenvalue weighted by molar-refractivity contribution is 7.77. The summed E-state index contributed by atoms with van der Waals surface area (Å²) in [6.45, 7) is 16.6. The van der Waals surface area contributed by atoms with E-state index in [1.165, 1.54) is 69.7 Å². The predicted molar refractivity (Wildman–Crippen MR) is 123 cm³/mol. The summed E-state index contributed by atoms with van der Waals surface area (Å²) in [6.07, 6.45) is 16.8. The van der Waals surface area contributed by atoms with Crippen LogP contribution < -0.4 is 0 Å². The first-order chi connectivity index (χ1) is 12.7. The highest BCUT2D eigenvalue weighted by Crippen LogP contribution is 2.86. The number of hydrogen-bond acceptors (Lipinski definition) is 1. The number of rotatable bonds is 3. The smallest absolute Gasteiger partial charge is 0.0853 e. The van der Waals surface area contributed by atoms with Gasteiger partial charge in [0.15, 0.2) is 0 Å². The van der Waals surface area contributed by atoms with Crippen molar-refractivity contribution < 1.29 is 0 Å². The van der Waals surface area contributed by atoms with Gasteiger partial charge in [-0.25, -0.2) is 0 Å². The molecule has 1 saturated carbocycles. The second-order valence-electron chi connectivity index (χ2n) is 11.1. The van der Waals surface area contributed by atoms with Gasteiger partial charge in [0, 0.05) is 37.5 Å². The molecule has 27 heavy (non-hydrogen) atoms. The lowest BCUT2D eigenvalue weighted by Gasteiger charge is -2.64. The molecule has 6 unspecified atom stereocenters. The lowest BCUT2D eigenvalue weighted by atomic mass is 9.50. The summed E-state index contributed by atoms with van der Waals surface area (Å²) in [7, 11) is -0.989. The first-order valence-corrected chi connectivity index (χ1v) is 14.3. The zero-order valence-corrected chi connectivity index (χ0v) is 19.8. The molecule has 4 rings (SSSR count). The van der Waals surface area contributed by atoms with Gasteiger partial charge in [-0.2, -0.15) is 0 Å². The monoisotopic (exact) mass is 388 g/mol. The van der Waals surface area contributed by atoms with Crippen LogP contribution in [0.3, 0.4) is 0 Å². The van der Waals surface area contributed by atoms with Gasteiger partial charge >= 0.3 is 0 Å². The standard InChI is InChI=1S/C25H43NP/c1-7-17-26-19(2)21-13-18-27(6)22-12-11-20-10-8-9-14-23(20,3)24(22,4)15-16-25(21,27)5/h10,21-22H,7-9,11-18H2,1-6H3/q+1. The fraction of sp³-hybridized carbons (Fsp3) is 0.880. The van der Waals surface area contributed by atoms with E-state index >= 15 is 0 Å². The molecule has 0 bridgehead atoms. The van der Waals surface area contributed by atoms with E-state index in [2.05, 4.69) is 47.4 Å². The van der Waals surface area contributed by atoms with Gasteiger partial charge in [-0.05, 0) is 77.0 Å². The molecule has 0 aromatic heterocycles. The zero-order chi connectivity index (χ0) is 19.5. The summed E-state index contributed by atoms with van der Waals surface area (Å²) in [6, 6.07) is 0. The van der Waals surface area contributed by atoms with E-state index in [0.29, 0.717) is 16.0 Å². The van der Waals surface area contributed by atoms with E-state index < -0.39 is 7.26 Å². The van der Waals surface area contributed by atoms with Gasteiger partial charge in [-0.1, -0.05) is 32.4 Å². The summed E-state index contributed by atoms with van der Waals surface area (Å²) >= 11 is 0. The molecule has 2 aliphatic heterocycles. The molecule has 2 heterocycles. The van der Waals surface area contributed by atoms with Crippen molar-refractivity contribution in [1.29, 1.82) is 0 Å². The average Bonchev–Trinajstić information content (AvgIpc) is 2.92. The van der Waals surface area contributed by atoms with E-state index in [4.69, 9.17) is 4.99 Å². The van der Waals surface area contributed by atoms with E-state index in [-0.39, 0.29) is 0 Å². The fourth-order valence-corrected chi connectivity index (χ4v) is 14.7. The lowest BCUT2D eigenvalue weighted by Crippen LogP contribution is -2.58. The molecule has 3 fully saturated rings.